The molecule has 4 nitrogen and oxygen atoms in total. The molecule has 1 aromatic heterocycles. The van der Waals surface area contributed by atoms with E-state index in [0.29, 0.717) is 27.8 Å². The number of benzene rings is 3. The molecule has 0 saturated carbocycles. The van der Waals surface area contributed by atoms with E-state index in [0.717, 1.165) is 5.56 Å². The number of nitriles is 1. The number of fused-ring (bicyclic) bond motifs is 1. The first kappa shape index (κ1) is 21.3. The first-order chi connectivity index (χ1) is 15.3. The highest BCUT2D eigenvalue weighted by Crippen LogP contribution is 2.33. The molecule has 32 heavy (non-hydrogen) atoms. The molecule has 0 radical (unpaired) electrons. The Hall–Kier alpha value is -3.98. The predicted octanol–water partition coefficient (Wildman–Crippen LogP) is 6.40. The summed E-state index contributed by atoms with van der Waals surface area (Å²) >= 11 is 0. The highest BCUT2D eigenvalue weighted by molar-refractivity contribution is 5.84. The second-order valence-electron chi connectivity index (χ2n) is 7.74. The Morgan fingerprint density at radius 3 is 2.47 bits per heavy atom. The second-order valence-corrected chi connectivity index (χ2v) is 7.74. The Morgan fingerprint density at radius 2 is 1.75 bits per heavy atom. The van der Waals surface area contributed by atoms with E-state index < -0.39 is 17.7 Å². The van der Waals surface area contributed by atoms with Crippen LogP contribution in [0.25, 0.3) is 22.3 Å². The number of rotatable bonds is 4. The lowest BCUT2D eigenvalue weighted by molar-refractivity contribution is 0.586. The largest absolute Gasteiger partial charge is 0.455 e. The van der Waals surface area contributed by atoms with Gasteiger partial charge in [-0.1, -0.05) is 24.3 Å². The SMILES string of the molecule is Cc1cc([C@@H](C)Nc2cccc(F)c2C#N)c2oc(-c3ccccc3F)c(C)c(=O)c2c1. The molecule has 160 valence electrons. The fraction of sp³-hybridized carbons (Fsp3) is 0.154. The second kappa shape index (κ2) is 8.27. The van der Waals surface area contributed by atoms with E-state index in [1.807, 2.05) is 26.0 Å². The minimum atomic E-state index is -0.622. The number of anilines is 1. The lowest BCUT2D eigenvalue weighted by Gasteiger charge is -2.19. The van der Waals surface area contributed by atoms with Gasteiger partial charge in [-0.25, -0.2) is 8.78 Å². The zero-order valence-electron chi connectivity index (χ0n) is 17.8. The third-order valence-electron chi connectivity index (χ3n) is 5.47. The molecule has 0 spiro atoms. The molecular weight excluding hydrogens is 410 g/mol. The van der Waals surface area contributed by atoms with Gasteiger partial charge in [-0.05, 0) is 56.7 Å². The molecule has 4 rings (SSSR count). The monoisotopic (exact) mass is 430 g/mol. The van der Waals surface area contributed by atoms with Crippen LogP contribution >= 0.6 is 0 Å². The van der Waals surface area contributed by atoms with Gasteiger partial charge in [0.05, 0.1) is 22.7 Å². The summed E-state index contributed by atoms with van der Waals surface area (Å²) in [5.41, 5.74) is 2.31. The van der Waals surface area contributed by atoms with Crippen LogP contribution in [-0.4, -0.2) is 0 Å². The molecule has 4 aromatic rings. The molecule has 0 saturated heterocycles. The van der Waals surface area contributed by atoms with Gasteiger partial charge in [0, 0.05) is 11.1 Å². The third kappa shape index (κ3) is 3.63. The average Bonchev–Trinajstić information content (AvgIpc) is 2.77. The van der Waals surface area contributed by atoms with Gasteiger partial charge in [-0.2, -0.15) is 5.26 Å². The minimum Gasteiger partial charge on any atom is -0.455 e. The van der Waals surface area contributed by atoms with Crippen LogP contribution in [0, 0.1) is 36.8 Å². The molecule has 0 amide bonds. The van der Waals surface area contributed by atoms with E-state index in [2.05, 4.69) is 5.32 Å². The van der Waals surface area contributed by atoms with Crippen LogP contribution in [0.15, 0.2) is 63.8 Å². The van der Waals surface area contributed by atoms with Crippen molar-refractivity contribution in [1.29, 1.82) is 5.26 Å². The van der Waals surface area contributed by atoms with Gasteiger partial charge in [-0.3, -0.25) is 4.79 Å². The highest BCUT2D eigenvalue weighted by Gasteiger charge is 2.21. The quantitative estimate of drug-likeness (QED) is 0.407. The van der Waals surface area contributed by atoms with Crippen molar-refractivity contribution in [2.24, 2.45) is 0 Å². The molecule has 1 atom stereocenters. The lowest BCUT2D eigenvalue weighted by atomic mass is 9.98. The molecule has 3 aromatic carbocycles. The van der Waals surface area contributed by atoms with E-state index in [9.17, 15) is 18.8 Å². The van der Waals surface area contributed by atoms with Crippen LogP contribution in [0.4, 0.5) is 14.5 Å². The molecule has 0 unspecified atom stereocenters. The molecular formula is C26H20F2N2O2. The van der Waals surface area contributed by atoms with Gasteiger partial charge in [0.25, 0.3) is 0 Å². The zero-order valence-corrected chi connectivity index (χ0v) is 17.8. The summed E-state index contributed by atoms with van der Waals surface area (Å²) in [5, 5.41) is 12.9. The van der Waals surface area contributed by atoms with E-state index in [1.165, 1.54) is 18.2 Å². The fourth-order valence-corrected chi connectivity index (χ4v) is 3.86. The number of halogens is 2. The van der Waals surface area contributed by atoms with E-state index in [1.54, 1.807) is 37.3 Å². The summed E-state index contributed by atoms with van der Waals surface area (Å²) in [5.74, 6) is -0.944. The van der Waals surface area contributed by atoms with Crippen molar-refractivity contribution >= 4 is 16.7 Å². The van der Waals surface area contributed by atoms with Gasteiger partial charge in [0.2, 0.25) is 0 Å². The van der Waals surface area contributed by atoms with Crippen LogP contribution in [-0.2, 0) is 0 Å². The fourth-order valence-electron chi connectivity index (χ4n) is 3.86. The van der Waals surface area contributed by atoms with Gasteiger partial charge < -0.3 is 9.73 Å². The Kier molecular flexibility index (Phi) is 5.50. The van der Waals surface area contributed by atoms with Crippen molar-refractivity contribution in [2.45, 2.75) is 26.8 Å². The van der Waals surface area contributed by atoms with Crippen molar-refractivity contribution in [3.8, 4) is 17.4 Å². The smallest absolute Gasteiger partial charge is 0.196 e. The molecule has 6 heteroatoms. The molecule has 1 N–H and O–H groups in total. The maximum absolute atomic E-state index is 14.5. The van der Waals surface area contributed by atoms with Crippen molar-refractivity contribution in [3.63, 3.8) is 0 Å². The summed E-state index contributed by atoms with van der Waals surface area (Å²) in [4.78, 5) is 13.2. The van der Waals surface area contributed by atoms with Gasteiger partial charge in [-0.15, -0.1) is 0 Å². The Morgan fingerprint density at radius 1 is 1.03 bits per heavy atom. The first-order valence-electron chi connectivity index (χ1n) is 10.1. The lowest BCUT2D eigenvalue weighted by Crippen LogP contribution is -2.13. The normalized spacial score (nSPS) is 11.9. The molecule has 0 fully saturated rings. The Labute approximate surface area is 183 Å². The Bertz CT molecular complexity index is 1450. The van der Waals surface area contributed by atoms with Crippen molar-refractivity contribution in [1.82, 2.24) is 0 Å². The molecule has 0 aliphatic carbocycles. The molecule has 0 aliphatic heterocycles. The van der Waals surface area contributed by atoms with Crippen molar-refractivity contribution < 1.29 is 13.2 Å². The minimum absolute atomic E-state index is 0.0966. The highest BCUT2D eigenvalue weighted by atomic mass is 19.1. The van der Waals surface area contributed by atoms with Gasteiger partial charge >= 0.3 is 0 Å². The topological polar surface area (TPSA) is 66.0 Å². The van der Waals surface area contributed by atoms with E-state index in [-0.39, 0.29) is 22.3 Å². The summed E-state index contributed by atoms with van der Waals surface area (Å²) in [6, 6.07) is 15.5. The van der Waals surface area contributed by atoms with Crippen LogP contribution in [0.3, 0.4) is 0 Å². The number of hydrogen-bond acceptors (Lipinski definition) is 4. The van der Waals surface area contributed by atoms with Gasteiger partial charge in [0.15, 0.2) is 5.43 Å². The van der Waals surface area contributed by atoms with Crippen LogP contribution < -0.4 is 10.7 Å². The maximum atomic E-state index is 14.5. The summed E-state index contributed by atoms with van der Waals surface area (Å²) in [6.07, 6.45) is 0. The van der Waals surface area contributed by atoms with Crippen LogP contribution in [0.2, 0.25) is 0 Å². The number of nitrogens with one attached hydrogen (secondary N) is 1. The zero-order chi connectivity index (χ0) is 23.0. The summed E-state index contributed by atoms with van der Waals surface area (Å²) in [7, 11) is 0. The molecule has 1 heterocycles. The average molecular weight is 430 g/mol. The number of nitrogens with zero attached hydrogens (tertiary/aromatic N) is 1. The van der Waals surface area contributed by atoms with Crippen molar-refractivity contribution in [3.05, 3.63) is 98.7 Å². The van der Waals surface area contributed by atoms with Crippen molar-refractivity contribution in [2.75, 3.05) is 5.32 Å². The predicted molar refractivity (Wildman–Crippen MR) is 121 cm³/mol. The standard InChI is InChI=1S/C26H20F2N2O2/c1-14-11-18(16(3)30-23-10-6-9-22(28)20(23)13-29)26-19(12-14)24(31)15(2)25(32-26)17-7-4-5-8-21(17)27/h4-12,16,30H,1-3H3/t16-/m1/s1. The van der Waals surface area contributed by atoms with Crippen LogP contribution in [0.5, 0.6) is 0 Å². The first-order valence-corrected chi connectivity index (χ1v) is 10.1. The maximum Gasteiger partial charge on any atom is 0.196 e. The van der Waals surface area contributed by atoms with Gasteiger partial charge in [0.1, 0.15) is 34.6 Å². The van der Waals surface area contributed by atoms with E-state index >= 15 is 0 Å². The van der Waals surface area contributed by atoms with Crippen LogP contribution in [0.1, 0.15) is 35.2 Å². The summed E-state index contributed by atoms with van der Waals surface area (Å²) < 4.78 is 34.7. The third-order valence-corrected chi connectivity index (χ3v) is 5.47. The summed E-state index contributed by atoms with van der Waals surface area (Å²) in [6.45, 7) is 5.30. The Balaban J connectivity index is 1.92. The molecule has 0 bridgehead atoms. The number of hydrogen-bond donors (Lipinski definition) is 1. The number of aryl methyl sites for hydroxylation is 1. The molecule has 0 aliphatic rings. The van der Waals surface area contributed by atoms with E-state index in [4.69, 9.17) is 4.42 Å².